The van der Waals surface area contributed by atoms with Crippen LogP contribution in [0.3, 0.4) is 0 Å². The Balaban J connectivity index is 1.57. The molecule has 1 heterocycles. The molecular weight excluding hydrogens is 350 g/mol. The molecule has 0 atom stereocenters. The van der Waals surface area contributed by atoms with E-state index in [1.54, 1.807) is 4.90 Å². The van der Waals surface area contributed by atoms with Gasteiger partial charge in [0.2, 0.25) is 5.91 Å². The Labute approximate surface area is 156 Å². The van der Waals surface area contributed by atoms with E-state index in [9.17, 15) is 9.59 Å². The van der Waals surface area contributed by atoms with Crippen LogP contribution in [-0.2, 0) is 16.1 Å². The number of nitrogens with zero attached hydrogens (tertiary/aromatic N) is 2. The summed E-state index contributed by atoms with van der Waals surface area (Å²) in [5.41, 5.74) is 4.42. The molecule has 0 spiro atoms. The summed E-state index contributed by atoms with van der Waals surface area (Å²) >= 11 is 1.31. The Kier molecular flexibility index (Phi) is 5.91. The minimum absolute atomic E-state index is 0.0250. The predicted molar refractivity (Wildman–Crippen MR) is 102 cm³/mol. The number of hydrogen-bond donors (Lipinski definition) is 1. The fourth-order valence-corrected chi connectivity index (χ4v) is 3.25. The van der Waals surface area contributed by atoms with Gasteiger partial charge in [-0.3, -0.25) is 14.5 Å². The molecule has 26 heavy (non-hydrogen) atoms. The van der Waals surface area contributed by atoms with Crippen LogP contribution in [0.4, 0.5) is 0 Å². The summed E-state index contributed by atoms with van der Waals surface area (Å²) in [6.45, 7) is 2.20. The minimum atomic E-state index is -0.375. The fraction of sp³-hybridized carbons (Fsp3) is 0.211. The summed E-state index contributed by atoms with van der Waals surface area (Å²) < 4.78 is 5.49. The highest BCUT2D eigenvalue weighted by molar-refractivity contribution is 8.15. The van der Waals surface area contributed by atoms with Crippen molar-refractivity contribution in [2.45, 2.75) is 13.5 Å². The Bertz CT molecular complexity index is 824. The first-order valence-electron chi connectivity index (χ1n) is 8.15. The topological polar surface area (TPSA) is 71.0 Å². The molecule has 2 amide bonds. The fourth-order valence-electron chi connectivity index (χ4n) is 2.41. The van der Waals surface area contributed by atoms with Gasteiger partial charge in [0.1, 0.15) is 5.75 Å². The molecule has 0 aromatic heterocycles. The van der Waals surface area contributed by atoms with Crippen LogP contribution in [0.5, 0.6) is 5.75 Å². The van der Waals surface area contributed by atoms with E-state index < -0.39 is 0 Å². The number of nitrogens with one attached hydrogen (secondary N) is 1. The van der Waals surface area contributed by atoms with Crippen LogP contribution >= 0.6 is 11.8 Å². The predicted octanol–water partition coefficient (Wildman–Crippen LogP) is 2.54. The van der Waals surface area contributed by atoms with Crippen LogP contribution < -0.4 is 10.2 Å². The standard InChI is InChI=1S/C19H19N3O3S/c1-14-7-5-6-10-16(14)25-12-17(23)20-21-19-22(18(24)13-26-19)11-15-8-3-2-4-9-15/h2-10H,11-13H2,1H3,(H,20,23)/b21-19-. The van der Waals surface area contributed by atoms with Gasteiger partial charge in [-0.1, -0.05) is 60.3 Å². The molecule has 1 N–H and O–H groups in total. The number of thioether (sulfide) groups is 1. The minimum Gasteiger partial charge on any atom is -0.483 e. The van der Waals surface area contributed by atoms with Gasteiger partial charge < -0.3 is 4.74 Å². The van der Waals surface area contributed by atoms with E-state index in [0.29, 0.717) is 23.2 Å². The molecule has 1 aliphatic heterocycles. The summed E-state index contributed by atoms with van der Waals surface area (Å²) in [6.07, 6.45) is 0. The zero-order chi connectivity index (χ0) is 18.4. The number of hydrogen-bond acceptors (Lipinski definition) is 5. The number of aryl methyl sites for hydroxylation is 1. The molecule has 3 rings (SSSR count). The highest BCUT2D eigenvalue weighted by Crippen LogP contribution is 2.21. The Morgan fingerprint density at radius 3 is 2.69 bits per heavy atom. The summed E-state index contributed by atoms with van der Waals surface area (Å²) in [5, 5.41) is 4.58. The van der Waals surface area contributed by atoms with Crippen molar-refractivity contribution in [3.05, 3.63) is 65.7 Å². The molecule has 1 aliphatic rings. The van der Waals surface area contributed by atoms with Crippen molar-refractivity contribution in [3.63, 3.8) is 0 Å². The second kappa shape index (κ2) is 8.53. The van der Waals surface area contributed by atoms with E-state index in [0.717, 1.165) is 11.1 Å². The van der Waals surface area contributed by atoms with Crippen LogP contribution in [0.25, 0.3) is 0 Å². The van der Waals surface area contributed by atoms with E-state index in [-0.39, 0.29) is 18.4 Å². The second-order valence-electron chi connectivity index (χ2n) is 5.74. The lowest BCUT2D eigenvalue weighted by molar-refractivity contribution is -0.125. The number of rotatable bonds is 6. The number of para-hydroxylation sites is 1. The number of amides is 2. The van der Waals surface area contributed by atoms with Gasteiger partial charge in [0, 0.05) is 0 Å². The highest BCUT2D eigenvalue weighted by atomic mass is 32.2. The molecule has 6 nitrogen and oxygen atoms in total. The summed E-state index contributed by atoms with van der Waals surface area (Å²) in [5.74, 6) is 0.580. The van der Waals surface area contributed by atoms with Gasteiger partial charge in [-0.2, -0.15) is 0 Å². The summed E-state index contributed by atoms with van der Waals surface area (Å²) in [6, 6.07) is 17.1. The average molecular weight is 369 g/mol. The largest absolute Gasteiger partial charge is 0.483 e. The Morgan fingerprint density at radius 2 is 1.92 bits per heavy atom. The van der Waals surface area contributed by atoms with E-state index in [1.165, 1.54) is 11.8 Å². The average Bonchev–Trinajstić information content (AvgIpc) is 3.00. The summed E-state index contributed by atoms with van der Waals surface area (Å²) in [4.78, 5) is 25.6. The zero-order valence-corrected chi connectivity index (χ0v) is 15.2. The van der Waals surface area contributed by atoms with E-state index >= 15 is 0 Å². The third-order valence-electron chi connectivity index (χ3n) is 3.77. The van der Waals surface area contributed by atoms with Crippen molar-refractivity contribution in [3.8, 4) is 5.75 Å². The van der Waals surface area contributed by atoms with Gasteiger partial charge in [0.25, 0.3) is 5.91 Å². The Hall–Kier alpha value is -2.80. The molecule has 0 saturated carbocycles. The number of ether oxygens (including phenoxy) is 1. The smallest absolute Gasteiger partial charge is 0.278 e. The van der Waals surface area contributed by atoms with Crippen molar-refractivity contribution in [1.82, 2.24) is 10.3 Å². The lowest BCUT2D eigenvalue weighted by Gasteiger charge is -2.16. The molecule has 2 aromatic rings. The molecule has 7 heteroatoms. The molecule has 1 saturated heterocycles. The zero-order valence-electron chi connectivity index (χ0n) is 14.3. The van der Waals surface area contributed by atoms with Gasteiger partial charge in [-0.25, -0.2) is 5.43 Å². The van der Waals surface area contributed by atoms with Crippen LogP contribution in [0.1, 0.15) is 11.1 Å². The maximum absolute atomic E-state index is 12.1. The first-order valence-corrected chi connectivity index (χ1v) is 9.14. The normalized spacial score (nSPS) is 15.3. The van der Waals surface area contributed by atoms with Gasteiger partial charge in [-0.05, 0) is 24.1 Å². The second-order valence-corrected chi connectivity index (χ2v) is 6.68. The lowest BCUT2D eigenvalue weighted by atomic mass is 10.2. The van der Waals surface area contributed by atoms with Crippen LogP contribution in [0, 0.1) is 6.92 Å². The van der Waals surface area contributed by atoms with Crippen molar-refractivity contribution in [2.75, 3.05) is 12.4 Å². The van der Waals surface area contributed by atoms with Gasteiger partial charge in [-0.15, -0.1) is 5.10 Å². The van der Waals surface area contributed by atoms with Crippen molar-refractivity contribution < 1.29 is 14.3 Å². The van der Waals surface area contributed by atoms with Gasteiger partial charge in [0.15, 0.2) is 11.8 Å². The van der Waals surface area contributed by atoms with Crippen LogP contribution in [-0.4, -0.2) is 34.2 Å². The molecular formula is C19H19N3O3S. The molecule has 0 radical (unpaired) electrons. The molecule has 0 bridgehead atoms. The number of carbonyl (C=O) groups excluding carboxylic acids is 2. The van der Waals surface area contributed by atoms with Gasteiger partial charge in [0.05, 0.1) is 12.3 Å². The summed E-state index contributed by atoms with van der Waals surface area (Å²) in [7, 11) is 0. The number of carbonyl (C=O) groups is 2. The van der Waals surface area contributed by atoms with Crippen LogP contribution in [0.2, 0.25) is 0 Å². The number of hydrazone groups is 1. The third kappa shape index (κ3) is 4.64. The first-order chi connectivity index (χ1) is 12.6. The number of benzene rings is 2. The van der Waals surface area contributed by atoms with Crippen molar-refractivity contribution in [1.29, 1.82) is 0 Å². The van der Waals surface area contributed by atoms with Crippen molar-refractivity contribution >= 4 is 28.7 Å². The maximum atomic E-state index is 12.1. The maximum Gasteiger partial charge on any atom is 0.278 e. The SMILES string of the molecule is Cc1ccccc1OCC(=O)N/N=C1\SCC(=O)N1Cc1ccccc1. The monoisotopic (exact) mass is 369 g/mol. The van der Waals surface area contributed by atoms with E-state index in [4.69, 9.17) is 4.74 Å². The quantitative estimate of drug-likeness (QED) is 0.795. The molecule has 0 aliphatic carbocycles. The lowest BCUT2D eigenvalue weighted by Crippen LogP contribution is -2.32. The Morgan fingerprint density at radius 1 is 1.19 bits per heavy atom. The van der Waals surface area contributed by atoms with Crippen LogP contribution in [0.15, 0.2) is 59.7 Å². The molecule has 134 valence electrons. The van der Waals surface area contributed by atoms with E-state index in [1.807, 2.05) is 61.5 Å². The number of amidine groups is 1. The molecule has 2 aromatic carbocycles. The molecule has 0 unspecified atom stereocenters. The first kappa shape index (κ1) is 18.0. The van der Waals surface area contributed by atoms with Gasteiger partial charge >= 0.3 is 0 Å². The van der Waals surface area contributed by atoms with E-state index in [2.05, 4.69) is 10.5 Å². The van der Waals surface area contributed by atoms with Crippen molar-refractivity contribution in [2.24, 2.45) is 5.10 Å². The highest BCUT2D eigenvalue weighted by Gasteiger charge is 2.28. The molecule has 1 fully saturated rings. The third-order valence-corrected chi connectivity index (χ3v) is 4.73.